The van der Waals surface area contributed by atoms with Crippen LogP contribution in [0, 0.1) is 0 Å². The maximum atomic E-state index is 12.2. The Bertz CT molecular complexity index is 957. The molecule has 2 amide bonds. The van der Waals surface area contributed by atoms with E-state index in [1.165, 1.54) is 18.2 Å². The molecule has 0 unspecified atom stereocenters. The monoisotopic (exact) mass is 380 g/mol. The van der Waals surface area contributed by atoms with E-state index in [9.17, 15) is 14.7 Å². The lowest BCUT2D eigenvalue weighted by Crippen LogP contribution is -2.32. The standard InChI is InChI=1S/C21H17ClN2O3/c22-17-10-11-19(25)18(12-17)24-20(26)13-23-21(27)16-8-6-15(7-9-16)14-4-2-1-3-5-14/h1-12,25H,13H2,(H,23,27)(H,24,26). The molecule has 3 aromatic carbocycles. The Balaban J connectivity index is 1.57. The quantitative estimate of drug-likeness (QED) is 0.583. The van der Waals surface area contributed by atoms with Crippen LogP contribution >= 0.6 is 11.6 Å². The molecule has 6 heteroatoms. The second kappa shape index (κ2) is 8.38. The summed E-state index contributed by atoms with van der Waals surface area (Å²) >= 11 is 5.83. The zero-order valence-corrected chi connectivity index (χ0v) is 15.0. The Morgan fingerprint density at radius 1 is 0.889 bits per heavy atom. The number of nitrogens with one attached hydrogen (secondary N) is 2. The number of anilines is 1. The van der Waals surface area contributed by atoms with E-state index in [2.05, 4.69) is 10.6 Å². The SMILES string of the molecule is O=C(CNC(=O)c1ccc(-c2ccccc2)cc1)Nc1cc(Cl)ccc1O. The minimum atomic E-state index is -0.471. The molecule has 0 spiro atoms. The predicted molar refractivity (Wildman–Crippen MR) is 106 cm³/mol. The summed E-state index contributed by atoms with van der Waals surface area (Å²) < 4.78 is 0. The van der Waals surface area contributed by atoms with Crippen molar-refractivity contribution in [3.8, 4) is 16.9 Å². The smallest absolute Gasteiger partial charge is 0.251 e. The van der Waals surface area contributed by atoms with Gasteiger partial charge in [0.2, 0.25) is 5.91 Å². The van der Waals surface area contributed by atoms with Crippen LogP contribution in [0.15, 0.2) is 72.8 Å². The van der Waals surface area contributed by atoms with E-state index >= 15 is 0 Å². The van der Waals surface area contributed by atoms with Crippen molar-refractivity contribution < 1.29 is 14.7 Å². The molecule has 27 heavy (non-hydrogen) atoms. The molecule has 0 saturated heterocycles. The summed E-state index contributed by atoms with van der Waals surface area (Å²) in [6.07, 6.45) is 0. The molecule has 0 saturated carbocycles. The summed E-state index contributed by atoms with van der Waals surface area (Å²) in [4.78, 5) is 24.2. The zero-order valence-electron chi connectivity index (χ0n) is 14.3. The number of benzene rings is 3. The molecule has 3 N–H and O–H groups in total. The Kier molecular flexibility index (Phi) is 5.74. The van der Waals surface area contributed by atoms with Gasteiger partial charge in [0.05, 0.1) is 12.2 Å². The molecule has 136 valence electrons. The number of halogens is 1. The molecule has 0 aliphatic carbocycles. The van der Waals surface area contributed by atoms with Crippen molar-refractivity contribution in [1.82, 2.24) is 5.32 Å². The molecule has 0 aliphatic rings. The lowest BCUT2D eigenvalue weighted by atomic mass is 10.0. The predicted octanol–water partition coefficient (Wildman–Crippen LogP) is 4.08. The van der Waals surface area contributed by atoms with Crippen LogP contribution in [-0.2, 0) is 4.79 Å². The van der Waals surface area contributed by atoms with Crippen LogP contribution in [-0.4, -0.2) is 23.5 Å². The first-order chi connectivity index (χ1) is 13.0. The average Bonchev–Trinajstić information content (AvgIpc) is 2.70. The Hall–Kier alpha value is -3.31. The number of hydrogen-bond acceptors (Lipinski definition) is 3. The molecule has 0 bridgehead atoms. The second-order valence-electron chi connectivity index (χ2n) is 5.84. The largest absolute Gasteiger partial charge is 0.506 e. The van der Waals surface area contributed by atoms with Gasteiger partial charge in [-0.05, 0) is 41.5 Å². The highest BCUT2D eigenvalue weighted by Crippen LogP contribution is 2.26. The van der Waals surface area contributed by atoms with Crippen LogP contribution in [0.4, 0.5) is 5.69 Å². The average molecular weight is 381 g/mol. The van der Waals surface area contributed by atoms with Crippen LogP contribution in [0.3, 0.4) is 0 Å². The molecule has 3 aromatic rings. The molecular formula is C21H17ClN2O3. The summed E-state index contributed by atoms with van der Waals surface area (Å²) in [5.41, 5.74) is 2.70. The molecule has 0 fully saturated rings. The molecule has 0 radical (unpaired) electrons. The van der Waals surface area contributed by atoms with Crippen molar-refractivity contribution in [2.24, 2.45) is 0 Å². The van der Waals surface area contributed by atoms with E-state index in [0.717, 1.165) is 11.1 Å². The molecule has 0 atom stereocenters. The number of phenols is 1. The fourth-order valence-electron chi connectivity index (χ4n) is 2.51. The first-order valence-corrected chi connectivity index (χ1v) is 8.63. The molecular weight excluding hydrogens is 364 g/mol. The van der Waals surface area contributed by atoms with Crippen LogP contribution in [0.2, 0.25) is 5.02 Å². The number of hydrogen-bond donors (Lipinski definition) is 3. The van der Waals surface area contributed by atoms with Gasteiger partial charge in [-0.15, -0.1) is 0 Å². The summed E-state index contributed by atoms with van der Waals surface area (Å²) in [7, 11) is 0. The van der Waals surface area contributed by atoms with E-state index in [-0.39, 0.29) is 23.9 Å². The van der Waals surface area contributed by atoms with Crippen LogP contribution in [0.25, 0.3) is 11.1 Å². The summed E-state index contributed by atoms with van der Waals surface area (Å²) in [5, 5.41) is 15.1. The Morgan fingerprint density at radius 2 is 1.56 bits per heavy atom. The minimum Gasteiger partial charge on any atom is -0.506 e. The number of phenolic OH excluding ortho intramolecular Hbond substituents is 1. The molecule has 5 nitrogen and oxygen atoms in total. The minimum absolute atomic E-state index is 0.101. The lowest BCUT2D eigenvalue weighted by molar-refractivity contribution is -0.115. The van der Waals surface area contributed by atoms with Crippen LogP contribution in [0.5, 0.6) is 5.75 Å². The third-order valence-corrected chi connectivity index (χ3v) is 4.13. The maximum absolute atomic E-state index is 12.2. The van der Waals surface area contributed by atoms with Gasteiger partial charge in [-0.1, -0.05) is 54.1 Å². The molecule has 3 rings (SSSR count). The van der Waals surface area contributed by atoms with Crippen molar-refractivity contribution in [2.45, 2.75) is 0 Å². The van der Waals surface area contributed by atoms with Crippen LogP contribution in [0.1, 0.15) is 10.4 Å². The Morgan fingerprint density at radius 3 is 2.26 bits per heavy atom. The summed E-state index contributed by atoms with van der Waals surface area (Å²) in [6.45, 7) is -0.231. The van der Waals surface area contributed by atoms with E-state index in [4.69, 9.17) is 11.6 Å². The third-order valence-electron chi connectivity index (χ3n) is 3.90. The van der Waals surface area contributed by atoms with Gasteiger partial charge < -0.3 is 15.7 Å². The highest BCUT2D eigenvalue weighted by atomic mass is 35.5. The number of carbonyl (C=O) groups is 2. The molecule has 0 heterocycles. The highest BCUT2D eigenvalue weighted by molar-refractivity contribution is 6.31. The van der Waals surface area contributed by atoms with Gasteiger partial charge >= 0.3 is 0 Å². The fraction of sp³-hybridized carbons (Fsp3) is 0.0476. The van der Waals surface area contributed by atoms with E-state index < -0.39 is 5.91 Å². The summed E-state index contributed by atoms with van der Waals surface area (Å²) in [6, 6.07) is 21.3. The van der Waals surface area contributed by atoms with Gasteiger partial charge in [0.1, 0.15) is 5.75 Å². The van der Waals surface area contributed by atoms with Gasteiger partial charge in [-0.25, -0.2) is 0 Å². The maximum Gasteiger partial charge on any atom is 0.251 e. The first kappa shape index (κ1) is 18.5. The fourth-order valence-corrected chi connectivity index (χ4v) is 2.68. The van der Waals surface area contributed by atoms with Crippen molar-refractivity contribution in [1.29, 1.82) is 0 Å². The van der Waals surface area contributed by atoms with Crippen molar-refractivity contribution in [3.05, 3.63) is 83.4 Å². The normalized spacial score (nSPS) is 10.3. The van der Waals surface area contributed by atoms with Crippen molar-refractivity contribution in [3.63, 3.8) is 0 Å². The van der Waals surface area contributed by atoms with E-state index in [1.807, 2.05) is 42.5 Å². The highest BCUT2D eigenvalue weighted by Gasteiger charge is 2.10. The van der Waals surface area contributed by atoms with Gasteiger partial charge in [0.15, 0.2) is 0 Å². The van der Waals surface area contributed by atoms with Crippen molar-refractivity contribution in [2.75, 3.05) is 11.9 Å². The van der Waals surface area contributed by atoms with Gasteiger partial charge in [0.25, 0.3) is 5.91 Å². The number of carbonyl (C=O) groups excluding carboxylic acids is 2. The lowest BCUT2D eigenvalue weighted by Gasteiger charge is -2.09. The number of amides is 2. The first-order valence-electron chi connectivity index (χ1n) is 8.25. The topological polar surface area (TPSA) is 78.4 Å². The van der Waals surface area contributed by atoms with E-state index in [0.29, 0.717) is 10.6 Å². The zero-order chi connectivity index (χ0) is 19.2. The van der Waals surface area contributed by atoms with E-state index in [1.54, 1.807) is 12.1 Å². The number of rotatable bonds is 5. The van der Waals surface area contributed by atoms with Gasteiger partial charge in [-0.2, -0.15) is 0 Å². The van der Waals surface area contributed by atoms with Gasteiger partial charge in [0, 0.05) is 10.6 Å². The third kappa shape index (κ3) is 4.86. The van der Waals surface area contributed by atoms with Crippen LogP contribution < -0.4 is 10.6 Å². The summed E-state index contributed by atoms with van der Waals surface area (Å²) in [5.74, 6) is -0.933. The molecule has 0 aromatic heterocycles. The van der Waals surface area contributed by atoms with Crippen molar-refractivity contribution >= 4 is 29.1 Å². The van der Waals surface area contributed by atoms with Gasteiger partial charge in [-0.3, -0.25) is 9.59 Å². The number of aromatic hydroxyl groups is 1. The Labute approximate surface area is 161 Å². The molecule has 0 aliphatic heterocycles. The second-order valence-corrected chi connectivity index (χ2v) is 6.27.